The van der Waals surface area contributed by atoms with E-state index in [-0.39, 0.29) is 11.6 Å². The molecule has 0 atom stereocenters. The highest BCUT2D eigenvalue weighted by Gasteiger charge is 2.19. The lowest BCUT2D eigenvalue weighted by molar-refractivity contribution is 0.0987. The number of fused-ring (bicyclic) bond motifs is 1. The molecule has 106 valence electrons. The quantitative estimate of drug-likeness (QED) is 0.801. The molecule has 3 rings (SSSR count). The molecular weight excluding hydrogens is 269 g/mol. The fourth-order valence-corrected chi connectivity index (χ4v) is 2.32. The highest BCUT2D eigenvalue weighted by molar-refractivity contribution is 6.07. The Morgan fingerprint density at radius 1 is 1.29 bits per heavy atom. The van der Waals surface area contributed by atoms with Crippen LogP contribution in [0.5, 0.6) is 0 Å². The highest BCUT2D eigenvalue weighted by Crippen LogP contribution is 2.22. The molecule has 2 aromatic carbocycles. The number of amides is 1. The van der Waals surface area contributed by atoms with E-state index in [4.69, 9.17) is 0 Å². The minimum atomic E-state index is -0.407. The van der Waals surface area contributed by atoms with E-state index >= 15 is 0 Å². The van der Waals surface area contributed by atoms with Crippen molar-refractivity contribution in [3.8, 4) is 0 Å². The molecule has 0 bridgehead atoms. The first kappa shape index (κ1) is 13.3. The summed E-state index contributed by atoms with van der Waals surface area (Å²) >= 11 is 0. The van der Waals surface area contributed by atoms with Gasteiger partial charge >= 0.3 is 0 Å². The molecular formula is C16H14FN3O. The number of H-pyrrole nitrogens is 1. The van der Waals surface area contributed by atoms with Crippen LogP contribution in [-0.4, -0.2) is 22.4 Å². The van der Waals surface area contributed by atoms with Crippen LogP contribution in [-0.2, 0) is 0 Å². The fourth-order valence-electron chi connectivity index (χ4n) is 2.32. The summed E-state index contributed by atoms with van der Waals surface area (Å²) in [6.07, 6.45) is 1.58. The molecule has 0 radical (unpaired) electrons. The highest BCUT2D eigenvalue weighted by atomic mass is 19.1. The topological polar surface area (TPSA) is 49.0 Å². The van der Waals surface area contributed by atoms with Crippen molar-refractivity contribution in [3.05, 3.63) is 60.2 Å². The Kier molecular flexibility index (Phi) is 3.39. The van der Waals surface area contributed by atoms with Crippen molar-refractivity contribution in [3.63, 3.8) is 0 Å². The SMILES string of the molecule is CCN(C(=O)c1ccc2nc[nH]c2c1)c1ccccc1F. The molecule has 4 nitrogen and oxygen atoms in total. The number of rotatable bonds is 3. The lowest BCUT2D eigenvalue weighted by Crippen LogP contribution is -2.31. The number of aromatic nitrogens is 2. The van der Waals surface area contributed by atoms with Gasteiger partial charge in [0.05, 0.1) is 23.0 Å². The van der Waals surface area contributed by atoms with E-state index in [0.29, 0.717) is 12.1 Å². The lowest BCUT2D eigenvalue weighted by Gasteiger charge is -2.21. The molecule has 21 heavy (non-hydrogen) atoms. The third kappa shape index (κ3) is 2.38. The second-order valence-electron chi connectivity index (χ2n) is 4.64. The third-order valence-electron chi connectivity index (χ3n) is 3.37. The van der Waals surface area contributed by atoms with E-state index in [1.165, 1.54) is 11.0 Å². The molecule has 0 aliphatic carbocycles. The van der Waals surface area contributed by atoms with E-state index in [1.807, 2.05) is 6.92 Å². The summed E-state index contributed by atoms with van der Waals surface area (Å²) < 4.78 is 13.9. The number of para-hydroxylation sites is 1. The summed E-state index contributed by atoms with van der Waals surface area (Å²) in [4.78, 5) is 21.1. The number of carbonyl (C=O) groups is 1. The number of carbonyl (C=O) groups excluding carboxylic acids is 1. The van der Waals surface area contributed by atoms with E-state index in [1.54, 1.807) is 42.7 Å². The molecule has 3 aromatic rings. The van der Waals surface area contributed by atoms with Gasteiger partial charge in [0.1, 0.15) is 5.82 Å². The zero-order valence-corrected chi connectivity index (χ0v) is 11.5. The molecule has 5 heteroatoms. The normalized spacial score (nSPS) is 10.8. The fraction of sp³-hybridized carbons (Fsp3) is 0.125. The summed E-state index contributed by atoms with van der Waals surface area (Å²) in [7, 11) is 0. The van der Waals surface area contributed by atoms with Gasteiger partial charge in [-0.3, -0.25) is 4.79 Å². The molecule has 0 saturated heterocycles. The van der Waals surface area contributed by atoms with E-state index in [0.717, 1.165) is 11.0 Å². The Labute approximate surface area is 121 Å². The average molecular weight is 283 g/mol. The van der Waals surface area contributed by atoms with Crippen LogP contribution in [0.3, 0.4) is 0 Å². The van der Waals surface area contributed by atoms with Crippen LogP contribution in [0.25, 0.3) is 11.0 Å². The van der Waals surface area contributed by atoms with E-state index in [9.17, 15) is 9.18 Å². The van der Waals surface area contributed by atoms with Crippen molar-refractivity contribution in [2.24, 2.45) is 0 Å². The number of aromatic amines is 1. The third-order valence-corrected chi connectivity index (χ3v) is 3.37. The summed E-state index contributed by atoms with van der Waals surface area (Å²) in [6, 6.07) is 11.5. The Morgan fingerprint density at radius 2 is 2.10 bits per heavy atom. The molecule has 0 unspecified atom stereocenters. The summed E-state index contributed by atoms with van der Waals surface area (Å²) in [6.45, 7) is 2.21. The minimum absolute atomic E-state index is 0.237. The maximum atomic E-state index is 13.9. The number of nitrogens with one attached hydrogen (secondary N) is 1. The molecule has 1 aromatic heterocycles. The molecule has 0 saturated carbocycles. The number of hydrogen-bond donors (Lipinski definition) is 1. The largest absolute Gasteiger partial charge is 0.345 e. The van der Waals surface area contributed by atoms with Crippen LogP contribution < -0.4 is 4.90 Å². The zero-order valence-electron chi connectivity index (χ0n) is 11.5. The second kappa shape index (κ2) is 5.36. The van der Waals surface area contributed by atoms with Crippen molar-refractivity contribution in [1.82, 2.24) is 9.97 Å². The first-order chi connectivity index (χ1) is 10.2. The monoisotopic (exact) mass is 283 g/mol. The number of anilines is 1. The Morgan fingerprint density at radius 3 is 2.86 bits per heavy atom. The molecule has 1 heterocycles. The molecule has 0 fully saturated rings. The number of hydrogen-bond acceptors (Lipinski definition) is 2. The van der Waals surface area contributed by atoms with Crippen molar-refractivity contribution in [2.75, 3.05) is 11.4 Å². The van der Waals surface area contributed by atoms with Gasteiger partial charge in [-0.1, -0.05) is 12.1 Å². The summed E-state index contributed by atoms with van der Waals surface area (Å²) in [5.41, 5.74) is 2.36. The van der Waals surface area contributed by atoms with Crippen molar-refractivity contribution < 1.29 is 9.18 Å². The Hall–Kier alpha value is -2.69. The van der Waals surface area contributed by atoms with Crippen LogP contribution in [0.1, 0.15) is 17.3 Å². The van der Waals surface area contributed by atoms with Gasteiger partial charge in [-0.15, -0.1) is 0 Å². The van der Waals surface area contributed by atoms with Gasteiger partial charge in [-0.25, -0.2) is 9.37 Å². The van der Waals surface area contributed by atoms with Crippen molar-refractivity contribution in [1.29, 1.82) is 0 Å². The maximum absolute atomic E-state index is 13.9. The standard InChI is InChI=1S/C16H14FN3O/c1-2-20(15-6-4-3-5-12(15)17)16(21)11-7-8-13-14(9-11)19-10-18-13/h3-10H,2H2,1H3,(H,18,19). The van der Waals surface area contributed by atoms with Gasteiger partial charge < -0.3 is 9.88 Å². The van der Waals surface area contributed by atoms with E-state index in [2.05, 4.69) is 9.97 Å². The van der Waals surface area contributed by atoms with Crippen LogP contribution in [0.4, 0.5) is 10.1 Å². The van der Waals surface area contributed by atoms with Crippen LogP contribution in [0.15, 0.2) is 48.8 Å². The van der Waals surface area contributed by atoms with E-state index < -0.39 is 5.82 Å². The number of imidazole rings is 1. The number of nitrogens with zero attached hydrogens (tertiary/aromatic N) is 2. The smallest absolute Gasteiger partial charge is 0.258 e. The van der Waals surface area contributed by atoms with Gasteiger partial charge in [0.15, 0.2) is 0 Å². The van der Waals surface area contributed by atoms with Crippen LogP contribution in [0, 0.1) is 5.82 Å². The maximum Gasteiger partial charge on any atom is 0.258 e. The molecule has 0 aliphatic rings. The van der Waals surface area contributed by atoms with Gasteiger partial charge in [0.2, 0.25) is 0 Å². The number of benzene rings is 2. The molecule has 1 amide bonds. The van der Waals surface area contributed by atoms with Gasteiger partial charge in [-0.2, -0.15) is 0 Å². The van der Waals surface area contributed by atoms with Crippen molar-refractivity contribution in [2.45, 2.75) is 6.92 Å². The zero-order chi connectivity index (χ0) is 14.8. The Balaban J connectivity index is 2.00. The summed E-state index contributed by atoms with van der Waals surface area (Å²) in [5, 5.41) is 0. The molecule has 1 N–H and O–H groups in total. The molecule has 0 spiro atoms. The lowest BCUT2D eigenvalue weighted by atomic mass is 10.1. The molecule has 0 aliphatic heterocycles. The van der Waals surface area contributed by atoms with Crippen LogP contribution in [0.2, 0.25) is 0 Å². The minimum Gasteiger partial charge on any atom is -0.345 e. The average Bonchev–Trinajstić information content (AvgIpc) is 2.97. The number of halogens is 1. The van der Waals surface area contributed by atoms with Gasteiger partial charge in [0, 0.05) is 12.1 Å². The Bertz CT molecular complexity index is 797. The predicted octanol–water partition coefficient (Wildman–Crippen LogP) is 3.37. The van der Waals surface area contributed by atoms with Gasteiger partial charge in [0.25, 0.3) is 5.91 Å². The predicted molar refractivity (Wildman–Crippen MR) is 79.8 cm³/mol. The summed E-state index contributed by atoms with van der Waals surface area (Å²) in [5.74, 6) is -0.644. The van der Waals surface area contributed by atoms with Gasteiger partial charge in [-0.05, 0) is 37.3 Å². The van der Waals surface area contributed by atoms with Crippen LogP contribution >= 0.6 is 0 Å². The first-order valence-corrected chi connectivity index (χ1v) is 6.70. The van der Waals surface area contributed by atoms with Crippen molar-refractivity contribution >= 4 is 22.6 Å². The second-order valence-corrected chi connectivity index (χ2v) is 4.64. The first-order valence-electron chi connectivity index (χ1n) is 6.70.